The predicted molar refractivity (Wildman–Crippen MR) is 71.4 cm³/mol. The maximum Gasteiger partial charge on any atom is 0.274 e. The lowest BCUT2D eigenvalue weighted by Crippen LogP contribution is -2.33. The average Bonchev–Trinajstić information content (AvgIpc) is 3.19. The molecule has 0 aliphatic heterocycles. The molecule has 2 rings (SSSR count). The van der Waals surface area contributed by atoms with E-state index in [0.717, 1.165) is 6.54 Å². The Bertz CT molecular complexity index is 448. The number of nitrogens with two attached hydrogens (primary N) is 1. The molecule has 1 heterocycles. The molecule has 0 unspecified atom stereocenters. The van der Waals surface area contributed by atoms with Gasteiger partial charge in [0.15, 0.2) is 0 Å². The van der Waals surface area contributed by atoms with Crippen LogP contribution in [0.3, 0.4) is 0 Å². The largest absolute Gasteiger partial charge is 0.337 e. The highest BCUT2D eigenvalue weighted by molar-refractivity contribution is 6.33. The van der Waals surface area contributed by atoms with Gasteiger partial charge in [-0.1, -0.05) is 11.6 Å². The van der Waals surface area contributed by atoms with E-state index in [-0.39, 0.29) is 11.6 Å². The highest BCUT2D eigenvalue weighted by Crippen LogP contribution is 2.30. The van der Waals surface area contributed by atoms with Crippen molar-refractivity contribution in [2.45, 2.75) is 19.8 Å². The van der Waals surface area contributed by atoms with E-state index in [9.17, 15) is 4.79 Å². The summed E-state index contributed by atoms with van der Waals surface area (Å²) < 4.78 is 0. The summed E-state index contributed by atoms with van der Waals surface area (Å²) in [5.74, 6) is 6.23. The van der Waals surface area contributed by atoms with E-state index < -0.39 is 0 Å². The summed E-state index contributed by atoms with van der Waals surface area (Å²) in [7, 11) is 0. The Labute approximate surface area is 111 Å². The van der Waals surface area contributed by atoms with Crippen LogP contribution in [0, 0.1) is 5.92 Å². The summed E-state index contributed by atoms with van der Waals surface area (Å²) >= 11 is 6.02. The molecule has 0 aromatic carbocycles. The zero-order valence-corrected chi connectivity index (χ0v) is 11.1. The maximum absolute atomic E-state index is 12.3. The topological polar surface area (TPSA) is 71.2 Å². The normalized spacial score (nSPS) is 14.4. The zero-order valence-electron chi connectivity index (χ0n) is 10.3. The standard InChI is InChI=1S/C12H17ClN4O/c1-2-17(7-8-3-4-8)12(18)11-9(13)5-6-10(15-11)16-14/h5-6,8H,2-4,7,14H2,1H3,(H,15,16). The van der Waals surface area contributed by atoms with E-state index in [0.29, 0.717) is 23.3 Å². The summed E-state index contributed by atoms with van der Waals surface area (Å²) in [6, 6.07) is 3.26. The monoisotopic (exact) mass is 268 g/mol. The Hall–Kier alpha value is -1.33. The van der Waals surface area contributed by atoms with Gasteiger partial charge in [-0.15, -0.1) is 0 Å². The molecule has 1 aromatic heterocycles. The molecule has 0 saturated heterocycles. The van der Waals surface area contributed by atoms with Crippen molar-refractivity contribution in [1.82, 2.24) is 9.88 Å². The van der Waals surface area contributed by atoms with Crippen LogP contribution >= 0.6 is 11.6 Å². The Balaban J connectivity index is 2.19. The Kier molecular flexibility index (Phi) is 4.04. The van der Waals surface area contributed by atoms with E-state index in [1.807, 2.05) is 6.92 Å². The number of pyridine rings is 1. The number of amides is 1. The molecule has 3 N–H and O–H groups in total. The molecule has 18 heavy (non-hydrogen) atoms. The van der Waals surface area contributed by atoms with E-state index in [1.54, 1.807) is 17.0 Å². The minimum absolute atomic E-state index is 0.133. The van der Waals surface area contributed by atoms with Crippen molar-refractivity contribution in [2.75, 3.05) is 18.5 Å². The first-order chi connectivity index (χ1) is 8.65. The number of nitrogen functional groups attached to an aromatic ring is 1. The van der Waals surface area contributed by atoms with Crippen molar-refractivity contribution >= 4 is 23.3 Å². The van der Waals surface area contributed by atoms with Crippen LogP contribution in [0.4, 0.5) is 5.82 Å². The van der Waals surface area contributed by atoms with Gasteiger partial charge in [0, 0.05) is 13.1 Å². The molecule has 1 fully saturated rings. The molecular weight excluding hydrogens is 252 g/mol. The number of carbonyl (C=O) groups excluding carboxylic acids is 1. The second kappa shape index (κ2) is 5.54. The number of rotatable bonds is 5. The third kappa shape index (κ3) is 2.91. The Morgan fingerprint density at radius 2 is 2.33 bits per heavy atom. The minimum Gasteiger partial charge on any atom is -0.337 e. The van der Waals surface area contributed by atoms with Gasteiger partial charge < -0.3 is 10.3 Å². The number of nitrogens with one attached hydrogen (secondary N) is 1. The highest BCUT2D eigenvalue weighted by atomic mass is 35.5. The van der Waals surface area contributed by atoms with Crippen molar-refractivity contribution in [2.24, 2.45) is 11.8 Å². The minimum atomic E-state index is -0.133. The van der Waals surface area contributed by atoms with Crippen molar-refractivity contribution in [3.63, 3.8) is 0 Å². The fourth-order valence-electron chi connectivity index (χ4n) is 1.79. The lowest BCUT2D eigenvalue weighted by atomic mass is 10.2. The third-order valence-electron chi connectivity index (χ3n) is 3.04. The van der Waals surface area contributed by atoms with Gasteiger partial charge in [0.05, 0.1) is 5.02 Å². The van der Waals surface area contributed by atoms with Crippen LogP contribution in [0.2, 0.25) is 5.02 Å². The lowest BCUT2D eigenvalue weighted by molar-refractivity contribution is 0.0751. The number of hydrogen-bond acceptors (Lipinski definition) is 4. The second-order valence-electron chi connectivity index (χ2n) is 4.46. The van der Waals surface area contributed by atoms with Crippen molar-refractivity contribution in [3.05, 3.63) is 22.8 Å². The van der Waals surface area contributed by atoms with Crippen LogP contribution < -0.4 is 11.3 Å². The molecule has 1 aliphatic carbocycles. The van der Waals surface area contributed by atoms with Crippen LogP contribution in [0.5, 0.6) is 0 Å². The van der Waals surface area contributed by atoms with Gasteiger partial charge >= 0.3 is 0 Å². The first-order valence-corrected chi connectivity index (χ1v) is 6.46. The Morgan fingerprint density at radius 3 is 2.89 bits per heavy atom. The molecule has 0 radical (unpaired) electrons. The number of hydrogen-bond donors (Lipinski definition) is 2. The van der Waals surface area contributed by atoms with E-state index >= 15 is 0 Å². The first-order valence-electron chi connectivity index (χ1n) is 6.08. The quantitative estimate of drug-likeness (QED) is 0.632. The van der Waals surface area contributed by atoms with Crippen molar-refractivity contribution in [3.8, 4) is 0 Å². The van der Waals surface area contributed by atoms with Crippen LogP contribution in [0.1, 0.15) is 30.3 Å². The fraction of sp³-hybridized carbons (Fsp3) is 0.500. The number of anilines is 1. The summed E-state index contributed by atoms with van der Waals surface area (Å²) in [5.41, 5.74) is 2.68. The third-order valence-corrected chi connectivity index (χ3v) is 3.35. The van der Waals surface area contributed by atoms with Gasteiger partial charge in [0.25, 0.3) is 5.91 Å². The molecule has 0 spiro atoms. The van der Waals surface area contributed by atoms with E-state index in [2.05, 4.69) is 10.4 Å². The van der Waals surface area contributed by atoms with Gasteiger partial charge in [-0.3, -0.25) is 4.79 Å². The molecule has 6 heteroatoms. The molecule has 0 atom stereocenters. The zero-order chi connectivity index (χ0) is 13.1. The predicted octanol–water partition coefficient (Wildman–Crippen LogP) is 1.89. The fourth-order valence-corrected chi connectivity index (χ4v) is 1.98. The summed E-state index contributed by atoms with van der Waals surface area (Å²) in [5, 5.41) is 0.355. The Morgan fingerprint density at radius 1 is 1.61 bits per heavy atom. The van der Waals surface area contributed by atoms with Crippen LogP contribution in [-0.2, 0) is 0 Å². The number of halogens is 1. The van der Waals surface area contributed by atoms with Gasteiger partial charge in [0.2, 0.25) is 0 Å². The average molecular weight is 269 g/mol. The number of nitrogens with zero attached hydrogens (tertiary/aromatic N) is 2. The van der Waals surface area contributed by atoms with Crippen LogP contribution in [0.15, 0.2) is 12.1 Å². The molecule has 1 saturated carbocycles. The number of hydrazine groups is 1. The van der Waals surface area contributed by atoms with Gasteiger partial charge in [-0.25, -0.2) is 10.8 Å². The molecule has 5 nitrogen and oxygen atoms in total. The molecule has 1 aromatic rings. The van der Waals surface area contributed by atoms with Gasteiger partial charge in [-0.2, -0.15) is 0 Å². The SMILES string of the molecule is CCN(CC1CC1)C(=O)c1nc(NN)ccc1Cl. The number of aromatic nitrogens is 1. The summed E-state index contributed by atoms with van der Waals surface area (Å²) in [6.07, 6.45) is 2.41. The second-order valence-corrected chi connectivity index (χ2v) is 4.87. The van der Waals surface area contributed by atoms with Crippen LogP contribution in [-0.4, -0.2) is 28.9 Å². The van der Waals surface area contributed by atoms with E-state index in [4.69, 9.17) is 17.4 Å². The van der Waals surface area contributed by atoms with Gasteiger partial charge in [0.1, 0.15) is 11.5 Å². The van der Waals surface area contributed by atoms with Crippen molar-refractivity contribution in [1.29, 1.82) is 0 Å². The summed E-state index contributed by atoms with van der Waals surface area (Å²) in [4.78, 5) is 18.3. The van der Waals surface area contributed by atoms with Crippen molar-refractivity contribution < 1.29 is 4.79 Å². The first kappa shape index (κ1) is 13.1. The smallest absolute Gasteiger partial charge is 0.274 e. The molecular formula is C12H17ClN4O. The lowest BCUT2D eigenvalue weighted by Gasteiger charge is -2.20. The van der Waals surface area contributed by atoms with Gasteiger partial charge in [-0.05, 0) is 37.8 Å². The molecule has 98 valence electrons. The van der Waals surface area contributed by atoms with Crippen LogP contribution in [0.25, 0.3) is 0 Å². The highest BCUT2D eigenvalue weighted by Gasteiger charge is 2.27. The number of carbonyl (C=O) groups is 1. The summed E-state index contributed by atoms with van der Waals surface area (Å²) in [6.45, 7) is 3.40. The van der Waals surface area contributed by atoms with E-state index in [1.165, 1.54) is 12.8 Å². The molecule has 1 amide bonds. The molecule has 1 aliphatic rings. The maximum atomic E-state index is 12.3. The molecule has 0 bridgehead atoms.